The van der Waals surface area contributed by atoms with Gasteiger partial charge < -0.3 is 29.2 Å². The van der Waals surface area contributed by atoms with Gasteiger partial charge in [-0.15, -0.1) is 0 Å². The summed E-state index contributed by atoms with van der Waals surface area (Å²) in [6.45, 7) is 11.8. The third-order valence-electron chi connectivity index (χ3n) is 9.12. The van der Waals surface area contributed by atoms with Gasteiger partial charge >= 0.3 is 6.09 Å². The number of hydrogen-bond acceptors (Lipinski definition) is 7. The highest BCUT2D eigenvalue weighted by atomic mass is 35.5. The summed E-state index contributed by atoms with van der Waals surface area (Å²) in [4.78, 5) is 24.7. The van der Waals surface area contributed by atoms with Gasteiger partial charge in [-0.3, -0.25) is 4.98 Å². The van der Waals surface area contributed by atoms with Gasteiger partial charge in [0.15, 0.2) is 5.88 Å². The lowest BCUT2D eigenvalue weighted by Gasteiger charge is -2.32. The number of carbonyl (C=O) groups excluding carboxylic acids is 1. The van der Waals surface area contributed by atoms with E-state index in [0.29, 0.717) is 10.9 Å². The predicted molar refractivity (Wildman–Crippen MR) is 177 cm³/mol. The van der Waals surface area contributed by atoms with Crippen molar-refractivity contribution < 1.29 is 14.3 Å². The average molecular weight is 631 g/mol. The Morgan fingerprint density at radius 3 is 2.42 bits per heavy atom. The Labute approximate surface area is 270 Å². The normalized spacial score (nSPS) is 19.8. The maximum absolute atomic E-state index is 11.6. The Morgan fingerprint density at radius 2 is 1.76 bits per heavy atom. The molecule has 0 spiro atoms. The van der Waals surface area contributed by atoms with E-state index in [-0.39, 0.29) is 23.3 Å². The standard InChI is InChI=1S/C25H25ClN4O.C10H18N2O2/c1-16(31-25(2)8-9-25)29-24(23-14-27-15-30(23)3)21-11-18-5-4-10-28-22(18)12-17-6-7-19(26)13-20(17)21;1-10(3-4-10)14-9(13)12-7-5-11(2)6-8-12/h4-7,10-11,13-15,24,29H,1,8-9,12H2,2-3H3;3-8H2,1-2H3. The molecule has 3 aliphatic carbocycles. The minimum atomic E-state index is -0.217. The molecule has 7 rings (SSSR count). The number of carbonyl (C=O) groups is 1. The molecular formula is C35H43ClN6O3. The van der Waals surface area contributed by atoms with Crippen molar-refractivity contribution in [1.29, 1.82) is 0 Å². The first-order valence-electron chi connectivity index (χ1n) is 15.7. The van der Waals surface area contributed by atoms with Gasteiger partial charge in [-0.25, -0.2) is 9.78 Å². The first kappa shape index (κ1) is 31.2. The Bertz CT molecular complexity index is 1600. The number of nitrogens with one attached hydrogen (secondary N) is 1. The number of aryl methyl sites for hydroxylation is 1. The molecule has 10 heteroatoms. The molecular weight excluding hydrogens is 588 g/mol. The van der Waals surface area contributed by atoms with Gasteiger partial charge in [0.2, 0.25) is 0 Å². The molecule has 1 unspecified atom stereocenters. The van der Waals surface area contributed by atoms with Crippen molar-refractivity contribution >= 4 is 29.3 Å². The quantitative estimate of drug-likeness (QED) is 0.311. The van der Waals surface area contributed by atoms with E-state index in [2.05, 4.69) is 58.9 Å². The van der Waals surface area contributed by atoms with E-state index in [0.717, 1.165) is 86.4 Å². The van der Waals surface area contributed by atoms with Crippen molar-refractivity contribution in [3.63, 3.8) is 0 Å². The Hall–Kier alpha value is -3.82. The molecule has 3 heterocycles. The monoisotopic (exact) mass is 630 g/mol. The maximum Gasteiger partial charge on any atom is 0.410 e. The zero-order chi connectivity index (χ0) is 31.8. The molecule has 45 heavy (non-hydrogen) atoms. The number of rotatable bonds is 7. The largest absolute Gasteiger partial charge is 0.473 e. The van der Waals surface area contributed by atoms with Crippen LogP contribution in [0.2, 0.25) is 5.02 Å². The number of imidazole rings is 1. The molecule has 1 aliphatic heterocycles. The molecule has 2 saturated carbocycles. The van der Waals surface area contributed by atoms with Crippen LogP contribution in [-0.2, 0) is 22.9 Å². The fourth-order valence-corrected chi connectivity index (χ4v) is 5.80. The van der Waals surface area contributed by atoms with Gasteiger partial charge in [0.25, 0.3) is 0 Å². The summed E-state index contributed by atoms with van der Waals surface area (Å²) in [7, 11) is 4.07. The second-order valence-electron chi connectivity index (χ2n) is 13.2. The molecule has 0 radical (unpaired) electrons. The topological polar surface area (TPSA) is 84.8 Å². The zero-order valence-electron chi connectivity index (χ0n) is 26.7. The van der Waals surface area contributed by atoms with Crippen LogP contribution in [-0.4, -0.2) is 74.9 Å². The van der Waals surface area contributed by atoms with Crippen LogP contribution in [0.3, 0.4) is 0 Å². The van der Waals surface area contributed by atoms with Crippen LogP contribution in [0.1, 0.15) is 73.7 Å². The lowest BCUT2D eigenvalue weighted by atomic mass is 9.92. The Balaban J connectivity index is 0.000000213. The van der Waals surface area contributed by atoms with E-state index in [4.69, 9.17) is 21.1 Å². The molecule has 1 amide bonds. The van der Waals surface area contributed by atoms with Crippen LogP contribution < -0.4 is 5.32 Å². The van der Waals surface area contributed by atoms with Gasteiger partial charge in [0, 0.05) is 50.9 Å². The number of hydrogen-bond donors (Lipinski definition) is 1. The second kappa shape index (κ2) is 12.5. The van der Waals surface area contributed by atoms with Crippen molar-refractivity contribution in [2.45, 2.75) is 63.2 Å². The summed E-state index contributed by atoms with van der Waals surface area (Å²) in [6, 6.07) is 9.92. The van der Waals surface area contributed by atoms with Gasteiger partial charge in [-0.2, -0.15) is 0 Å². The number of amides is 1. The molecule has 238 valence electrons. The van der Waals surface area contributed by atoms with Crippen LogP contribution in [0.5, 0.6) is 0 Å². The molecule has 1 saturated heterocycles. The fourth-order valence-electron chi connectivity index (χ4n) is 5.63. The number of piperazine rings is 1. The van der Waals surface area contributed by atoms with Gasteiger partial charge in [-0.1, -0.05) is 23.7 Å². The average Bonchev–Trinajstić information content (AvgIpc) is 3.89. The smallest absolute Gasteiger partial charge is 0.410 e. The lowest BCUT2D eigenvalue weighted by molar-refractivity contribution is 0.0457. The van der Waals surface area contributed by atoms with E-state index in [1.165, 1.54) is 5.56 Å². The summed E-state index contributed by atoms with van der Waals surface area (Å²) < 4.78 is 13.5. The molecule has 1 N–H and O–H groups in total. The molecule has 0 bridgehead atoms. The maximum atomic E-state index is 11.6. The Kier molecular flexibility index (Phi) is 8.68. The zero-order valence-corrected chi connectivity index (χ0v) is 27.4. The summed E-state index contributed by atoms with van der Waals surface area (Å²) in [5, 5.41) is 4.24. The van der Waals surface area contributed by atoms with Gasteiger partial charge in [0.1, 0.15) is 11.2 Å². The molecule has 3 fully saturated rings. The van der Waals surface area contributed by atoms with Crippen LogP contribution in [0.25, 0.3) is 11.6 Å². The third kappa shape index (κ3) is 7.53. The number of pyridine rings is 1. The van der Waals surface area contributed by atoms with E-state index < -0.39 is 0 Å². The highest BCUT2D eigenvalue weighted by Crippen LogP contribution is 2.42. The molecule has 3 aromatic rings. The summed E-state index contributed by atoms with van der Waals surface area (Å²) in [5.41, 5.74) is 6.26. The molecule has 4 aliphatic rings. The molecule has 1 aromatic carbocycles. The van der Waals surface area contributed by atoms with E-state index in [1.807, 2.05) is 60.4 Å². The SMILES string of the molecule is C=C(NC(C1=Cc2cccnc2Cc2ccc(Cl)cc21)c1cncn1C)OC1(C)CC1.CN1CCN(C(=O)OC2(C)CC2)CC1. The van der Waals surface area contributed by atoms with Crippen molar-refractivity contribution in [3.05, 3.63) is 94.6 Å². The number of ether oxygens (including phenoxy) is 2. The van der Waals surface area contributed by atoms with Gasteiger partial charge in [-0.05, 0) is 99.7 Å². The van der Waals surface area contributed by atoms with Gasteiger partial charge in [0.05, 0.1) is 30.0 Å². The highest BCUT2D eigenvalue weighted by molar-refractivity contribution is 6.30. The predicted octanol–water partition coefficient (Wildman–Crippen LogP) is 6.21. The van der Waals surface area contributed by atoms with E-state index in [1.54, 1.807) is 0 Å². The number of halogens is 1. The van der Waals surface area contributed by atoms with Crippen LogP contribution in [0, 0.1) is 0 Å². The first-order valence-corrected chi connectivity index (χ1v) is 16.1. The fraction of sp³-hybridized carbons (Fsp3) is 0.457. The summed E-state index contributed by atoms with van der Waals surface area (Å²) in [6.07, 6.45) is 12.5. The molecule has 1 atom stereocenters. The van der Waals surface area contributed by atoms with Crippen molar-refractivity contribution in [1.82, 2.24) is 29.7 Å². The van der Waals surface area contributed by atoms with Crippen molar-refractivity contribution in [3.8, 4) is 0 Å². The number of fused-ring (bicyclic) bond motifs is 2. The highest BCUT2D eigenvalue weighted by Gasteiger charge is 2.43. The van der Waals surface area contributed by atoms with Crippen LogP contribution in [0.15, 0.2) is 61.5 Å². The summed E-state index contributed by atoms with van der Waals surface area (Å²) >= 11 is 6.45. The summed E-state index contributed by atoms with van der Waals surface area (Å²) in [5.74, 6) is 0.561. The lowest BCUT2D eigenvalue weighted by Crippen LogP contribution is -2.48. The molecule has 9 nitrogen and oxygen atoms in total. The minimum absolute atomic E-state index is 0.114. The van der Waals surface area contributed by atoms with Crippen LogP contribution in [0.4, 0.5) is 4.79 Å². The minimum Gasteiger partial charge on any atom is -0.473 e. The number of nitrogens with zero attached hydrogens (tertiary/aromatic N) is 5. The second-order valence-corrected chi connectivity index (χ2v) is 13.6. The van der Waals surface area contributed by atoms with Crippen LogP contribution >= 0.6 is 11.6 Å². The number of aromatic nitrogens is 3. The number of likely N-dealkylation sites (N-methyl/N-ethyl adjacent to an activating group) is 1. The number of benzene rings is 1. The van der Waals surface area contributed by atoms with E-state index >= 15 is 0 Å². The van der Waals surface area contributed by atoms with Crippen molar-refractivity contribution in [2.24, 2.45) is 7.05 Å². The van der Waals surface area contributed by atoms with Crippen molar-refractivity contribution in [2.75, 3.05) is 33.2 Å². The first-order chi connectivity index (χ1) is 21.5. The molecule has 2 aromatic heterocycles. The van der Waals surface area contributed by atoms with E-state index in [9.17, 15) is 4.79 Å². The Morgan fingerprint density at radius 1 is 1.04 bits per heavy atom. The third-order valence-corrected chi connectivity index (χ3v) is 9.35.